The second-order valence-electron chi connectivity index (χ2n) is 9.10. The van der Waals surface area contributed by atoms with Crippen molar-refractivity contribution in [2.24, 2.45) is 0 Å². The molecule has 39 heavy (non-hydrogen) atoms. The molecule has 0 aliphatic carbocycles. The quantitative estimate of drug-likeness (QED) is 0.343. The van der Waals surface area contributed by atoms with Gasteiger partial charge in [-0.05, 0) is 24.3 Å². The smallest absolute Gasteiger partial charge is 0.257 e. The number of methoxy groups -OCH3 is 4. The molecule has 0 unspecified atom stereocenters. The molecule has 0 radical (unpaired) electrons. The zero-order valence-corrected chi connectivity index (χ0v) is 22.6. The summed E-state index contributed by atoms with van der Waals surface area (Å²) < 4.78 is 21.8. The minimum Gasteiger partial charge on any atom is -0.497 e. The molecule has 0 spiro atoms. The number of hydrogen-bond acceptors (Lipinski definition) is 8. The number of nitrogens with one attached hydrogen (secondary N) is 1. The van der Waals surface area contributed by atoms with Crippen molar-refractivity contribution in [2.45, 2.75) is 0 Å². The predicted molar refractivity (Wildman–Crippen MR) is 152 cm³/mol. The third-order valence-electron chi connectivity index (χ3n) is 6.87. The summed E-state index contributed by atoms with van der Waals surface area (Å²) in [4.78, 5) is 22.9. The van der Waals surface area contributed by atoms with Crippen LogP contribution >= 0.6 is 0 Å². The van der Waals surface area contributed by atoms with Crippen LogP contribution in [-0.4, -0.2) is 70.4 Å². The van der Waals surface area contributed by atoms with E-state index in [-0.39, 0.29) is 5.91 Å². The molecule has 4 aromatic rings. The average Bonchev–Trinajstić information content (AvgIpc) is 2.99. The van der Waals surface area contributed by atoms with Gasteiger partial charge in [0.25, 0.3) is 5.91 Å². The SMILES string of the molecule is COc1cccc(N2CCN(C(=O)c3cc4ccccc4nc3Nc3cc(OC)c(OC)c(OC)c3)CC2)c1. The number of para-hydroxylation sites is 1. The van der Waals surface area contributed by atoms with Gasteiger partial charge in [0.2, 0.25) is 5.75 Å². The average molecular weight is 529 g/mol. The van der Waals surface area contributed by atoms with Crippen LogP contribution in [0.25, 0.3) is 10.9 Å². The molecule has 3 aromatic carbocycles. The number of piperazine rings is 1. The normalized spacial score (nSPS) is 13.2. The number of carbonyl (C=O) groups is 1. The number of aromatic nitrogens is 1. The molecule has 1 aliphatic rings. The number of benzene rings is 3. The molecule has 9 heteroatoms. The summed E-state index contributed by atoms with van der Waals surface area (Å²) in [6, 6.07) is 21.2. The van der Waals surface area contributed by atoms with Crippen molar-refractivity contribution in [3.63, 3.8) is 0 Å². The number of nitrogens with zero attached hydrogens (tertiary/aromatic N) is 3. The van der Waals surface area contributed by atoms with Gasteiger partial charge in [0.1, 0.15) is 11.6 Å². The molecule has 202 valence electrons. The van der Waals surface area contributed by atoms with E-state index < -0.39 is 0 Å². The van der Waals surface area contributed by atoms with Crippen LogP contribution in [0.1, 0.15) is 10.4 Å². The van der Waals surface area contributed by atoms with Crippen molar-refractivity contribution in [3.8, 4) is 23.0 Å². The van der Waals surface area contributed by atoms with Crippen molar-refractivity contribution in [1.82, 2.24) is 9.88 Å². The van der Waals surface area contributed by atoms with Crippen molar-refractivity contribution in [3.05, 3.63) is 72.3 Å². The summed E-state index contributed by atoms with van der Waals surface area (Å²) >= 11 is 0. The summed E-state index contributed by atoms with van der Waals surface area (Å²) in [5.41, 5.74) is 3.02. The number of rotatable bonds is 8. The number of carbonyl (C=O) groups excluding carboxylic acids is 1. The minimum absolute atomic E-state index is 0.0755. The highest BCUT2D eigenvalue weighted by Crippen LogP contribution is 2.41. The zero-order valence-electron chi connectivity index (χ0n) is 22.6. The number of anilines is 3. The van der Waals surface area contributed by atoms with Crippen LogP contribution in [0.15, 0.2) is 66.7 Å². The van der Waals surface area contributed by atoms with Crippen LogP contribution in [0.4, 0.5) is 17.2 Å². The first-order valence-corrected chi connectivity index (χ1v) is 12.7. The van der Waals surface area contributed by atoms with Crippen LogP contribution in [0.2, 0.25) is 0 Å². The summed E-state index contributed by atoms with van der Waals surface area (Å²) in [6.45, 7) is 2.62. The number of amides is 1. The van der Waals surface area contributed by atoms with E-state index in [0.717, 1.165) is 35.4 Å². The van der Waals surface area contributed by atoms with E-state index >= 15 is 0 Å². The highest BCUT2D eigenvalue weighted by molar-refractivity contribution is 6.03. The van der Waals surface area contributed by atoms with Gasteiger partial charge in [-0.25, -0.2) is 4.98 Å². The Balaban J connectivity index is 1.44. The van der Waals surface area contributed by atoms with E-state index in [1.807, 2.05) is 53.4 Å². The van der Waals surface area contributed by atoms with Crippen LogP contribution < -0.4 is 29.2 Å². The van der Waals surface area contributed by atoms with Gasteiger partial charge >= 0.3 is 0 Å². The molecular formula is C30H32N4O5. The number of pyridine rings is 1. The molecule has 1 aliphatic heterocycles. The second-order valence-corrected chi connectivity index (χ2v) is 9.10. The molecule has 0 bridgehead atoms. The van der Waals surface area contributed by atoms with E-state index in [2.05, 4.69) is 16.3 Å². The minimum atomic E-state index is -0.0755. The Morgan fingerprint density at radius 2 is 1.51 bits per heavy atom. The van der Waals surface area contributed by atoms with E-state index in [9.17, 15) is 4.79 Å². The Morgan fingerprint density at radius 1 is 0.795 bits per heavy atom. The summed E-state index contributed by atoms with van der Waals surface area (Å²) in [5, 5.41) is 4.23. The maximum absolute atomic E-state index is 13.9. The Hall–Kier alpha value is -4.66. The molecule has 9 nitrogen and oxygen atoms in total. The summed E-state index contributed by atoms with van der Waals surface area (Å²) in [6.07, 6.45) is 0. The highest BCUT2D eigenvalue weighted by atomic mass is 16.5. The van der Waals surface area contributed by atoms with Gasteiger partial charge in [-0.1, -0.05) is 24.3 Å². The van der Waals surface area contributed by atoms with Crippen molar-refractivity contribution >= 4 is 34.0 Å². The van der Waals surface area contributed by atoms with E-state index in [4.69, 9.17) is 23.9 Å². The Bertz CT molecular complexity index is 1460. The summed E-state index contributed by atoms with van der Waals surface area (Å²) in [7, 11) is 6.35. The largest absolute Gasteiger partial charge is 0.497 e. The van der Waals surface area contributed by atoms with Crippen LogP contribution in [-0.2, 0) is 0 Å². The second kappa shape index (κ2) is 11.4. The van der Waals surface area contributed by atoms with Crippen LogP contribution in [0.3, 0.4) is 0 Å². The van der Waals surface area contributed by atoms with Crippen molar-refractivity contribution < 1.29 is 23.7 Å². The van der Waals surface area contributed by atoms with Gasteiger partial charge in [-0.15, -0.1) is 0 Å². The monoisotopic (exact) mass is 528 g/mol. The number of ether oxygens (including phenoxy) is 4. The first-order chi connectivity index (χ1) is 19.0. The highest BCUT2D eigenvalue weighted by Gasteiger charge is 2.26. The molecule has 1 amide bonds. The Labute approximate surface area is 227 Å². The van der Waals surface area contributed by atoms with Crippen LogP contribution in [0, 0.1) is 0 Å². The predicted octanol–water partition coefficient (Wildman–Crippen LogP) is 4.98. The van der Waals surface area contributed by atoms with Gasteiger partial charge in [0.15, 0.2) is 11.5 Å². The topological polar surface area (TPSA) is 85.4 Å². The van der Waals surface area contributed by atoms with Crippen molar-refractivity contribution in [2.75, 3.05) is 64.8 Å². The third-order valence-corrected chi connectivity index (χ3v) is 6.87. The van der Waals surface area contributed by atoms with E-state index in [0.29, 0.717) is 47.4 Å². The molecule has 0 atom stereocenters. The van der Waals surface area contributed by atoms with Gasteiger partial charge < -0.3 is 34.1 Å². The number of hydrogen-bond donors (Lipinski definition) is 1. The van der Waals surface area contributed by atoms with E-state index in [1.54, 1.807) is 40.6 Å². The molecule has 5 rings (SSSR count). The first kappa shape index (κ1) is 26.0. The fraction of sp³-hybridized carbons (Fsp3) is 0.267. The lowest BCUT2D eigenvalue weighted by atomic mass is 10.1. The molecular weight excluding hydrogens is 496 g/mol. The molecule has 0 saturated carbocycles. The lowest BCUT2D eigenvalue weighted by Gasteiger charge is -2.36. The lowest BCUT2D eigenvalue weighted by Crippen LogP contribution is -2.49. The molecule has 1 saturated heterocycles. The molecule has 1 N–H and O–H groups in total. The van der Waals surface area contributed by atoms with Gasteiger partial charge in [0.05, 0.1) is 39.5 Å². The van der Waals surface area contributed by atoms with E-state index in [1.165, 1.54) is 0 Å². The van der Waals surface area contributed by atoms with Gasteiger partial charge in [-0.2, -0.15) is 0 Å². The Morgan fingerprint density at radius 3 is 2.18 bits per heavy atom. The molecule has 1 fully saturated rings. The van der Waals surface area contributed by atoms with Crippen molar-refractivity contribution in [1.29, 1.82) is 0 Å². The Kier molecular flexibility index (Phi) is 7.58. The fourth-order valence-electron chi connectivity index (χ4n) is 4.81. The fourth-order valence-corrected chi connectivity index (χ4v) is 4.81. The lowest BCUT2D eigenvalue weighted by molar-refractivity contribution is 0.0747. The maximum atomic E-state index is 13.9. The molecule has 2 heterocycles. The van der Waals surface area contributed by atoms with Gasteiger partial charge in [-0.3, -0.25) is 4.79 Å². The van der Waals surface area contributed by atoms with Gasteiger partial charge in [0, 0.05) is 61.1 Å². The molecule has 1 aromatic heterocycles. The number of fused-ring (bicyclic) bond motifs is 1. The third kappa shape index (κ3) is 5.34. The zero-order chi connectivity index (χ0) is 27.4. The van der Waals surface area contributed by atoms with Crippen LogP contribution in [0.5, 0.6) is 23.0 Å². The standard InChI is InChI=1S/C30H32N4O5/c1-36-23-10-7-9-22(19-23)33-12-14-34(15-13-33)30(35)24-16-20-8-5-6-11-25(20)32-29(24)31-21-17-26(37-2)28(39-4)27(18-21)38-3/h5-11,16-19H,12-15H2,1-4H3,(H,31,32). The maximum Gasteiger partial charge on any atom is 0.257 e. The summed E-state index contributed by atoms with van der Waals surface area (Å²) in [5.74, 6) is 2.69. The first-order valence-electron chi connectivity index (χ1n) is 12.7.